The van der Waals surface area contributed by atoms with Crippen molar-refractivity contribution < 1.29 is 14.3 Å². The van der Waals surface area contributed by atoms with E-state index >= 15 is 0 Å². The zero-order valence-corrected chi connectivity index (χ0v) is 14.0. The fraction of sp³-hybridized carbons (Fsp3) is 0.105. The highest BCUT2D eigenvalue weighted by molar-refractivity contribution is 6.08. The van der Waals surface area contributed by atoms with Crippen LogP contribution >= 0.6 is 0 Å². The molecule has 26 heavy (non-hydrogen) atoms. The van der Waals surface area contributed by atoms with Crippen molar-refractivity contribution in [3.63, 3.8) is 0 Å². The summed E-state index contributed by atoms with van der Waals surface area (Å²) in [7, 11) is 0. The Kier molecular flexibility index (Phi) is 3.89. The number of aromatic amines is 1. The second-order valence-electron chi connectivity index (χ2n) is 5.69. The molecule has 3 heterocycles. The lowest BCUT2D eigenvalue weighted by atomic mass is 10.1. The number of esters is 1. The summed E-state index contributed by atoms with van der Waals surface area (Å²) >= 11 is 0. The Hall–Kier alpha value is -3.61. The monoisotopic (exact) mass is 348 g/mol. The van der Waals surface area contributed by atoms with E-state index in [1.807, 2.05) is 24.4 Å². The Bertz CT molecular complexity index is 1130. The Balaban J connectivity index is 1.74. The summed E-state index contributed by atoms with van der Waals surface area (Å²) in [5.41, 5.74) is 1.96. The van der Waals surface area contributed by atoms with Crippen LogP contribution in [0.2, 0.25) is 0 Å². The number of fused-ring (bicyclic) bond motifs is 2. The molecule has 1 amide bonds. The van der Waals surface area contributed by atoms with Crippen LogP contribution in [0.15, 0.2) is 54.9 Å². The Morgan fingerprint density at radius 3 is 2.96 bits per heavy atom. The van der Waals surface area contributed by atoms with E-state index < -0.39 is 5.97 Å². The number of carbonyl (C=O) groups is 2. The molecule has 2 N–H and O–H groups in total. The molecule has 1 aromatic carbocycles. The maximum atomic E-state index is 12.7. The number of carbonyl (C=O) groups excluding carboxylic acids is 2. The Labute approximate surface area is 148 Å². The Morgan fingerprint density at radius 1 is 1.23 bits per heavy atom. The predicted octanol–water partition coefficient (Wildman–Crippen LogP) is 3.24. The number of imidazole rings is 1. The Morgan fingerprint density at radius 2 is 2.12 bits per heavy atom. The first-order chi connectivity index (χ1) is 12.7. The molecule has 4 aromatic rings. The van der Waals surface area contributed by atoms with Crippen molar-refractivity contribution in [1.29, 1.82) is 0 Å². The zero-order chi connectivity index (χ0) is 18.1. The number of rotatable bonds is 4. The lowest BCUT2D eigenvalue weighted by molar-refractivity contribution is 0.0521. The number of pyridine rings is 1. The lowest BCUT2D eigenvalue weighted by Gasteiger charge is -2.07. The molecule has 0 atom stereocenters. The first-order valence-corrected chi connectivity index (χ1v) is 8.20. The molecule has 3 aromatic heterocycles. The molecule has 0 saturated heterocycles. The van der Waals surface area contributed by atoms with Gasteiger partial charge in [-0.15, -0.1) is 0 Å². The topological polar surface area (TPSA) is 88.5 Å². The summed E-state index contributed by atoms with van der Waals surface area (Å²) in [6, 6.07) is 12.6. The van der Waals surface area contributed by atoms with Crippen LogP contribution in [0.5, 0.6) is 0 Å². The van der Waals surface area contributed by atoms with Crippen molar-refractivity contribution >= 4 is 34.2 Å². The van der Waals surface area contributed by atoms with Crippen molar-refractivity contribution in [3.05, 3.63) is 66.1 Å². The highest BCUT2D eigenvalue weighted by Crippen LogP contribution is 2.21. The number of aromatic nitrogens is 3. The number of H-pyrrole nitrogens is 1. The maximum Gasteiger partial charge on any atom is 0.360 e. The summed E-state index contributed by atoms with van der Waals surface area (Å²) in [6.07, 6.45) is 3.55. The van der Waals surface area contributed by atoms with Crippen molar-refractivity contribution in [2.45, 2.75) is 6.92 Å². The zero-order valence-electron chi connectivity index (χ0n) is 14.0. The van der Waals surface area contributed by atoms with Gasteiger partial charge in [-0.2, -0.15) is 0 Å². The van der Waals surface area contributed by atoms with E-state index in [9.17, 15) is 9.59 Å². The summed E-state index contributed by atoms with van der Waals surface area (Å²) in [6.45, 7) is 1.95. The third-order valence-electron chi connectivity index (χ3n) is 4.05. The predicted molar refractivity (Wildman–Crippen MR) is 97.4 cm³/mol. The first kappa shape index (κ1) is 15.9. The fourth-order valence-corrected chi connectivity index (χ4v) is 2.83. The molecular formula is C19H16N4O3. The number of nitrogens with one attached hydrogen (secondary N) is 2. The minimum Gasteiger partial charge on any atom is -0.461 e. The fourth-order valence-electron chi connectivity index (χ4n) is 2.83. The number of hydrogen-bond donors (Lipinski definition) is 2. The molecule has 7 nitrogen and oxygen atoms in total. The van der Waals surface area contributed by atoms with Crippen LogP contribution in [0.25, 0.3) is 16.6 Å². The van der Waals surface area contributed by atoms with Crippen LogP contribution < -0.4 is 5.32 Å². The standard InChI is InChI=1S/C19H16N4O3/c1-2-26-19(25)16-17(23-10-4-3-5-15(23)21-16)22-18(24)13-7-6-12-8-9-20-14(12)11-13/h3-11,20H,2H2,1H3,(H,22,24). The quantitative estimate of drug-likeness (QED) is 0.554. The molecular weight excluding hydrogens is 332 g/mol. The van der Waals surface area contributed by atoms with Gasteiger partial charge in [-0.3, -0.25) is 9.20 Å². The number of benzene rings is 1. The van der Waals surface area contributed by atoms with Crippen molar-refractivity contribution in [2.24, 2.45) is 0 Å². The molecule has 0 fully saturated rings. The van der Waals surface area contributed by atoms with E-state index in [1.54, 1.807) is 41.8 Å². The number of nitrogens with zero attached hydrogens (tertiary/aromatic N) is 2. The maximum absolute atomic E-state index is 12.7. The minimum absolute atomic E-state index is 0.0763. The smallest absolute Gasteiger partial charge is 0.360 e. The molecule has 0 unspecified atom stereocenters. The van der Waals surface area contributed by atoms with Gasteiger partial charge in [0.25, 0.3) is 5.91 Å². The van der Waals surface area contributed by atoms with Crippen LogP contribution in [0.1, 0.15) is 27.8 Å². The average molecular weight is 348 g/mol. The molecule has 7 heteroatoms. The number of amides is 1. The highest BCUT2D eigenvalue weighted by atomic mass is 16.5. The average Bonchev–Trinajstić information content (AvgIpc) is 3.26. The van der Waals surface area contributed by atoms with Gasteiger partial charge in [0.05, 0.1) is 6.61 Å². The SMILES string of the molecule is CCOC(=O)c1nc2ccccn2c1NC(=O)c1ccc2cc[nH]c2c1. The molecule has 0 radical (unpaired) electrons. The molecule has 4 rings (SSSR count). The van der Waals surface area contributed by atoms with Crippen molar-refractivity contribution in [1.82, 2.24) is 14.4 Å². The molecule has 0 aliphatic carbocycles. The highest BCUT2D eigenvalue weighted by Gasteiger charge is 2.22. The summed E-state index contributed by atoms with van der Waals surface area (Å²) < 4.78 is 6.71. The molecule has 0 aliphatic rings. The summed E-state index contributed by atoms with van der Waals surface area (Å²) in [5.74, 6) is -0.625. The van der Waals surface area contributed by atoms with Gasteiger partial charge < -0.3 is 15.0 Å². The number of anilines is 1. The third kappa shape index (κ3) is 2.69. The van der Waals surface area contributed by atoms with E-state index in [0.29, 0.717) is 11.2 Å². The molecule has 0 bridgehead atoms. The van der Waals surface area contributed by atoms with E-state index in [4.69, 9.17) is 4.74 Å². The second-order valence-corrected chi connectivity index (χ2v) is 5.69. The van der Waals surface area contributed by atoms with E-state index in [0.717, 1.165) is 10.9 Å². The van der Waals surface area contributed by atoms with Crippen LogP contribution in [-0.2, 0) is 4.74 Å². The van der Waals surface area contributed by atoms with Gasteiger partial charge in [0, 0.05) is 23.5 Å². The van der Waals surface area contributed by atoms with Gasteiger partial charge in [-0.25, -0.2) is 9.78 Å². The van der Waals surface area contributed by atoms with Gasteiger partial charge in [0.15, 0.2) is 11.5 Å². The minimum atomic E-state index is -0.577. The second kappa shape index (κ2) is 6.36. The van der Waals surface area contributed by atoms with Crippen LogP contribution in [0.4, 0.5) is 5.82 Å². The summed E-state index contributed by atoms with van der Waals surface area (Å²) in [4.78, 5) is 32.3. The molecule has 0 saturated carbocycles. The number of ether oxygens (including phenoxy) is 1. The van der Waals surface area contributed by atoms with Gasteiger partial charge in [-0.05, 0) is 42.6 Å². The van der Waals surface area contributed by atoms with Crippen molar-refractivity contribution in [3.8, 4) is 0 Å². The van der Waals surface area contributed by atoms with Gasteiger partial charge in [0.1, 0.15) is 5.65 Å². The van der Waals surface area contributed by atoms with E-state index in [-0.39, 0.29) is 24.0 Å². The van der Waals surface area contributed by atoms with E-state index in [2.05, 4.69) is 15.3 Å². The third-order valence-corrected chi connectivity index (χ3v) is 4.05. The molecule has 130 valence electrons. The van der Waals surface area contributed by atoms with Gasteiger partial charge >= 0.3 is 5.97 Å². The number of hydrogen-bond acceptors (Lipinski definition) is 4. The molecule has 0 aliphatic heterocycles. The van der Waals surface area contributed by atoms with Crippen molar-refractivity contribution in [2.75, 3.05) is 11.9 Å². The van der Waals surface area contributed by atoms with Crippen LogP contribution in [-0.4, -0.2) is 32.9 Å². The summed E-state index contributed by atoms with van der Waals surface area (Å²) in [5, 5.41) is 3.81. The van der Waals surface area contributed by atoms with Crippen LogP contribution in [0.3, 0.4) is 0 Å². The normalized spacial score (nSPS) is 11.0. The van der Waals surface area contributed by atoms with Gasteiger partial charge in [-0.1, -0.05) is 12.1 Å². The van der Waals surface area contributed by atoms with Gasteiger partial charge in [0.2, 0.25) is 0 Å². The van der Waals surface area contributed by atoms with E-state index in [1.165, 1.54) is 0 Å². The lowest BCUT2D eigenvalue weighted by Crippen LogP contribution is -2.17. The largest absolute Gasteiger partial charge is 0.461 e. The molecule has 0 spiro atoms. The first-order valence-electron chi connectivity index (χ1n) is 8.20. The van der Waals surface area contributed by atoms with Crippen LogP contribution in [0, 0.1) is 0 Å².